The van der Waals surface area contributed by atoms with Crippen LogP contribution in [0.4, 0.5) is 0 Å². The summed E-state index contributed by atoms with van der Waals surface area (Å²) in [6.07, 6.45) is 0. The van der Waals surface area contributed by atoms with Crippen molar-refractivity contribution in [3.8, 4) is 0 Å². The van der Waals surface area contributed by atoms with E-state index >= 15 is 0 Å². The van der Waals surface area contributed by atoms with E-state index in [0.717, 1.165) is 0 Å². The largest absolute Gasteiger partial charge is 4.00 e. The molecule has 152 valence electrons. The number of nitrogens with zero attached hydrogens (tertiary/aromatic N) is 6. The van der Waals surface area contributed by atoms with Gasteiger partial charge < -0.3 is 97.4 Å². The van der Waals surface area contributed by atoms with Crippen LogP contribution >= 0.6 is 0 Å². The molecule has 0 aromatic rings. The fourth-order valence-electron chi connectivity index (χ4n) is 0. The Morgan fingerprint density at radius 3 is 0.308 bits per heavy atom. The molecule has 0 aliphatic rings. The monoisotopic (exact) mass is 440 g/mol. The fourth-order valence-corrected chi connectivity index (χ4v) is 0. The molecule has 0 saturated heterocycles. The molecule has 0 unspecified atom stereocenters. The van der Waals surface area contributed by atoms with E-state index in [2.05, 4.69) is 0 Å². The summed E-state index contributed by atoms with van der Waals surface area (Å²) < 4.78 is 0. The van der Waals surface area contributed by atoms with Crippen LogP contribution in [0.25, 0.3) is 0 Å². The molecule has 0 aliphatic heterocycles. The van der Waals surface area contributed by atoms with Crippen molar-refractivity contribution in [2.75, 3.05) is 0 Å². The van der Waals surface area contributed by atoms with Gasteiger partial charge in [0.25, 0.3) is 0 Å². The molecule has 4 N–H and O–H groups in total. The average molecular weight is 440 g/mol. The Bertz CT molecular complexity index is 257. The Labute approximate surface area is 150 Å². The maximum absolute atomic E-state index is 8.25. The van der Waals surface area contributed by atoms with Crippen LogP contribution in [0, 0.1) is 91.9 Å². The average Bonchev–Trinajstić information content (AvgIpc) is 2.08. The first-order valence-corrected chi connectivity index (χ1v) is 3.29. The van der Waals surface area contributed by atoms with Gasteiger partial charge in [0.15, 0.2) is 0 Å². The third-order valence-electron chi connectivity index (χ3n) is 0. The third-order valence-corrected chi connectivity index (χ3v) is 0. The van der Waals surface area contributed by atoms with Crippen molar-refractivity contribution in [3.05, 3.63) is 91.9 Å². The molecule has 0 amide bonds. The maximum Gasteiger partial charge on any atom is 4.00 e. The molecular weight excluding hydrogens is 436 g/mol. The minimum Gasteiger partial charge on any atom is -0.873 e. The van der Waals surface area contributed by atoms with Crippen LogP contribution in [0.15, 0.2) is 0 Å². The molecule has 0 radical (unpaired) electrons. The summed E-state index contributed by atoms with van der Waals surface area (Å²) in [7, 11) is 0. The van der Waals surface area contributed by atoms with Gasteiger partial charge in [-0.3, -0.25) is 0 Å². The first kappa shape index (κ1) is 49.5. The van der Waals surface area contributed by atoms with Crippen molar-refractivity contribution < 1.29 is 57.7 Å². The molecule has 0 aliphatic carbocycles. The molecule has 0 aromatic carbocycles. The first-order chi connectivity index (χ1) is 10.4. The van der Waals surface area contributed by atoms with Crippen LogP contribution in [0.2, 0.25) is 0 Å². The van der Waals surface area contributed by atoms with Gasteiger partial charge >= 0.3 is 21.7 Å². The summed E-state index contributed by atoms with van der Waals surface area (Å²) in [5.41, 5.74) is 0. The molecule has 26 heteroatoms. The molecule has 25 nitrogen and oxygen atoms in total. The summed E-state index contributed by atoms with van der Waals surface area (Å²) in [5.74, 6) is 0. The number of rotatable bonds is 0. The molecule has 26 heavy (non-hydrogen) atoms. The van der Waals surface area contributed by atoms with Crippen molar-refractivity contribution in [2.24, 2.45) is 0 Å². The molecule has 0 fully saturated rings. The second-order valence-corrected chi connectivity index (χ2v) is 1.34. The van der Waals surface area contributed by atoms with Crippen molar-refractivity contribution >= 4 is 0 Å². The minimum absolute atomic E-state index is 0. The van der Waals surface area contributed by atoms with Gasteiger partial charge in [-0.1, -0.05) is 0 Å². The van der Waals surface area contributed by atoms with Gasteiger partial charge in [0.1, 0.15) is 0 Å². The molecule has 0 rings (SSSR count). The predicted molar refractivity (Wildman–Crippen MR) is 68.4 cm³/mol. The maximum atomic E-state index is 8.25. The van der Waals surface area contributed by atoms with Crippen molar-refractivity contribution in [2.45, 2.75) is 0 Å². The fraction of sp³-hybridized carbons (Fsp3) is 0. The smallest absolute Gasteiger partial charge is 0.873 e. The van der Waals surface area contributed by atoms with Gasteiger partial charge in [-0.2, -0.15) is 0 Å². The Hall–Kier alpha value is -4.13. The van der Waals surface area contributed by atoms with Crippen LogP contribution in [-0.4, -0.2) is 30.5 Å². The van der Waals surface area contributed by atoms with Gasteiger partial charge in [0.05, 0.1) is 30.5 Å². The van der Waals surface area contributed by atoms with E-state index in [1.807, 2.05) is 0 Å². The topological polar surface area (TPSA) is 432 Å². The van der Waals surface area contributed by atoms with Crippen LogP contribution in [0.3, 0.4) is 0 Å². The summed E-state index contributed by atoms with van der Waals surface area (Å²) in [5, 5.41) is 88.5. The Morgan fingerprint density at radius 1 is 0.308 bits per heavy atom. The van der Waals surface area contributed by atoms with E-state index in [-0.39, 0.29) is 27.2 Å². The van der Waals surface area contributed by atoms with Gasteiger partial charge in [0.2, 0.25) is 0 Å². The normalized spacial score (nSPS) is 5.54. The van der Waals surface area contributed by atoms with Crippen molar-refractivity contribution in [1.29, 1.82) is 0 Å². The van der Waals surface area contributed by atoms with E-state index in [0.29, 0.717) is 0 Å². The molecule has 0 spiro atoms. The van der Waals surface area contributed by atoms with Gasteiger partial charge in [0, 0.05) is 0 Å². The standard InChI is InChI=1S/6NO3.H4O.Ti/c6*2-1(3)4;;/h;;;;;;1H4;/q6*-1;+2;+4. The summed E-state index contributed by atoms with van der Waals surface area (Å²) in [4.78, 5) is 49.5. The number of hydrogen-bond donors (Lipinski definition) is 0. The third kappa shape index (κ3) is 416. The molecule has 0 bridgehead atoms. The Balaban J connectivity index is -0.0000000245. The van der Waals surface area contributed by atoms with E-state index in [1.54, 1.807) is 0 Å². The van der Waals surface area contributed by atoms with Crippen LogP contribution in [-0.2, 0) is 27.2 Å². The van der Waals surface area contributed by atoms with E-state index in [4.69, 9.17) is 91.9 Å². The zero-order chi connectivity index (χ0) is 21.5. The quantitative estimate of drug-likeness (QED) is 0.211. The predicted octanol–water partition coefficient (Wildman–Crippen LogP) is -2.63. The SMILES string of the molecule is O=[N+]([O-])[O-].O=[N+]([O-])[O-].O=[N+]([O-])[O-].O=[N+]([O-])[O-].O=[N+]([O-])[O-].O=[N+]([O-])[O-].[OH4+2].[Ti+4]. The van der Waals surface area contributed by atoms with Crippen LogP contribution in [0.1, 0.15) is 0 Å². The summed E-state index contributed by atoms with van der Waals surface area (Å²) in [6.45, 7) is 0. The van der Waals surface area contributed by atoms with E-state index < -0.39 is 30.5 Å². The summed E-state index contributed by atoms with van der Waals surface area (Å²) in [6, 6.07) is 0. The minimum atomic E-state index is -1.75. The zero-order valence-electron chi connectivity index (χ0n) is 11.2. The molecular formula is H4N6O19Ti. The first-order valence-electron chi connectivity index (χ1n) is 3.29. The Kier molecular flexibility index (Phi) is 81.6. The van der Waals surface area contributed by atoms with Crippen molar-refractivity contribution in [3.63, 3.8) is 0 Å². The van der Waals surface area contributed by atoms with Gasteiger partial charge in [-0.05, 0) is 0 Å². The molecule has 0 aromatic heterocycles. The molecule has 0 heterocycles. The van der Waals surface area contributed by atoms with Gasteiger partial charge in [-0.25, -0.2) is 0 Å². The van der Waals surface area contributed by atoms with Crippen LogP contribution < -0.4 is 0 Å². The van der Waals surface area contributed by atoms with E-state index in [9.17, 15) is 0 Å². The molecule has 0 atom stereocenters. The second-order valence-electron chi connectivity index (χ2n) is 1.34. The van der Waals surface area contributed by atoms with Crippen molar-refractivity contribution in [1.82, 2.24) is 0 Å². The zero-order valence-corrected chi connectivity index (χ0v) is 12.8. The van der Waals surface area contributed by atoms with E-state index in [1.165, 1.54) is 0 Å². The molecule has 0 saturated carbocycles. The van der Waals surface area contributed by atoms with Crippen LogP contribution in [0.5, 0.6) is 0 Å². The number of hydrogen-bond acceptors (Lipinski definition) is 18. The Morgan fingerprint density at radius 2 is 0.308 bits per heavy atom. The second kappa shape index (κ2) is 42.8. The summed E-state index contributed by atoms with van der Waals surface area (Å²) >= 11 is 0. The van der Waals surface area contributed by atoms with Gasteiger partial charge in [-0.15, -0.1) is 0 Å².